The van der Waals surface area contributed by atoms with E-state index in [0.717, 1.165) is 38.2 Å². The van der Waals surface area contributed by atoms with E-state index in [0.29, 0.717) is 86.7 Å². The number of benzene rings is 2. The highest BCUT2D eigenvalue weighted by Crippen LogP contribution is 2.32. The van der Waals surface area contributed by atoms with Crippen LogP contribution in [0.15, 0.2) is 35.1 Å². The van der Waals surface area contributed by atoms with Crippen molar-refractivity contribution in [2.24, 2.45) is 5.92 Å². The number of aromatic amines is 1. The molecule has 1 aromatic heterocycles. The number of fused-ring (bicyclic) bond motifs is 1. The van der Waals surface area contributed by atoms with Crippen LogP contribution in [0.3, 0.4) is 0 Å². The molecule has 3 saturated heterocycles. The number of halogens is 2. The molecule has 4 heterocycles. The minimum absolute atomic E-state index is 0.0192. The quantitative estimate of drug-likeness (QED) is 0.201. The molecule has 1 amide bonds. The van der Waals surface area contributed by atoms with Crippen molar-refractivity contribution in [3.8, 4) is 5.75 Å². The number of thioether (sulfide) groups is 1. The van der Waals surface area contributed by atoms with E-state index < -0.39 is 33.4 Å². The number of nitro groups is 1. The second kappa shape index (κ2) is 16.9. The number of nitrogens with one attached hydrogen (secondary N) is 1. The molecule has 2 aromatic carbocycles. The van der Waals surface area contributed by atoms with Gasteiger partial charge in [0.25, 0.3) is 5.56 Å². The Balaban J connectivity index is 0.00000239. The normalized spacial score (nSPS) is 18.4. The van der Waals surface area contributed by atoms with Crippen LogP contribution in [0.25, 0.3) is 10.9 Å². The SMILES string of the molecule is CC.O=C(CC1(O)CCN(c2ccc([N+](=O)[O-])c(F)c2)CC1)N1CCC(COc2cc(F)c3c(=O)[nH]c(CSC4CCOCC4)nc3c2)CC1. The van der Waals surface area contributed by atoms with Crippen LogP contribution < -0.4 is 15.2 Å². The van der Waals surface area contributed by atoms with Crippen LogP contribution in [-0.4, -0.2) is 87.7 Å². The molecule has 3 fully saturated rings. The number of amides is 1. The highest BCUT2D eigenvalue weighted by molar-refractivity contribution is 7.99. The van der Waals surface area contributed by atoms with E-state index in [4.69, 9.17) is 9.47 Å². The zero-order chi connectivity index (χ0) is 35.8. The molecule has 3 aliphatic heterocycles. The Bertz CT molecular complexity index is 1700. The predicted molar refractivity (Wildman–Crippen MR) is 188 cm³/mol. The summed E-state index contributed by atoms with van der Waals surface area (Å²) in [6.07, 6.45) is 3.86. The van der Waals surface area contributed by atoms with E-state index in [2.05, 4.69) is 9.97 Å². The molecular weight excluding hydrogens is 672 g/mol. The van der Waals surface area contributed by atoms with E-state index >= 15 is 0 Å². The van der Waals surface area contributed by atoms with Gasteiger partial charge in [-0.05, 0) is 50.5 Å². The van der Waals surface area contributed by atoms with E-state index in [1.165, 1.54) is 12.1 Å². The average molecular weight is 718 g/mol. The monoisotopic (exact) mass is 717 g/mol. The molecule has 0 saturated carbocycles. The molecule has 12 nitrogen and oxygen atoms in total. The lowest BCUT2D eigenvalue weighted by Crippen LogP contribution is -2.49. The first kappa shape index (κ1) is 37.4. The third-order valence-corrected chi connectivity index (χ3v) is 10.9. The first-order chi connectivity index (χ1) is 24.1. The molecular formula is C35H45F2N5O7S. The molecule has 0 radical (unpaired) electrons. The largest absolute Gasteiger partial charge is 0.493 e. The Morgan fingerprint density at radius 3 is 2.46 bits per heavy atom. The highest BCUT2D eigenvalue weighted by atomic mass is 32.2. The number of piperidine rings is 2. The molecule has 0 aliphatic carbocycles. The molecule has 272 valence electrons. The fourth-order valence-corrected chi connectivity index (χ4v) is 7.65. The van der Waals surface area contributed by atoms with Crippen molar-refractivity contribution >= 4 is 39.9 Å². The molecule has 0 atom stereocenters. The zero-order valence-electron chi connectivity index (χ0n) is 28.5. The van der Waals surface area contributed by atoms with Gasteiger partial charge in [-0.15, -0.1) is 0 Å². The standard InChI is InChI=1S/C33H39F2N5O7S.C2H6/c34-25-15-22(1-2-28(25)40(44)45)38-11-7-33(43,8-12-38)18-30(41)39-9-3-21(4-10-39)19-47-23-16-26(35)31-27(17-23)36-29(37-32(31)42)20-48-24-5-13-46-14-6-24;1-2/h1-2,15-17,21,24,43H,3-14,18-20H2,(H,36,37,42);1-2H3. The average Bonchev–Trinajstić information content (AvgIpc) is 3.11. The first-order valence-electron chi connectivity index (χ1n) is 17.3. The van der Waals surface area contributed by atoms with Crippen molar-refractivity contribution in [3.63, 3.8) is 0 Å². The van der Waals surface area contributed by atoms with Crippen molar-refractivity contribution in [3.05, 3.63) is 68.3 Å². The summed E-state index contributed by atoms with van der Waals surface area (Å²) in [4.78, 5) is 46.7. The van der Waals surface area contributed by atoms with Gasteiger partial charge in [-0.3, -0.25) is 19.7 Å². The summed E-state index contributed by atoms with van der Waals surface area (Å²) in [6.45, 7) is 7.56. The lowest BCUT2D eigenvalue weighted by atomic mass is 9.87. The van der Waals surface area contributed by atoms with Gasteiger partial charge in [0.2, 0.25) is 11.7 Å². The Morgan fingerprint density at radius 2 is 1.80 bits per heavy atom. The highest BCUT2D eigenvalue weighted by Gasteiger charge is 2.37. The van der Waals surface area contributed by atoms with Crippen LogP contribution in [0.1, 0.15) is 64.6 Å². The number of nitro benzene ring substituents is 1. The van der Waals surface area contributed by atoms with E-state index in [-0.39, 0.29) is 29.1 Å². The summed E-state index contributed by atoms with van der Waals surface area (Å²) in [6, 6.07) is 6.55. The molecule has 2 N–H and O–H groups in total. The number of anilines is 1. The number of rotatable bonds is 10. The second-order valence-corrected chi connectivity index (χ2v) is 14.1. The lowest BCUT2D eigenvalue weighted by Gasteiger charge is -2.40. The molecule has 3 aliphatic rings. The maximum atomic E-state index is 14.9. The summed E-state index contributed by atoms with van der Waals surface area (Å²) >= 11 is 1.71. The Labute approximate surface area is 293 Å². The van der Waals surface area contributed by atoms with Gasteiger partial charge in [-0.1, -0.05) is 13.8 Å². The van der Waals surface area contributed by atoms with E-state index in [9.17, 15) is 33.6 Å². The number of nitrogens with zero attached hydrogens (tertiary/aromatic N) is 4. The fraction of sp³-hybridized carbons (Fsp3) is 0.571. The van der Waals surface area contributed by atoms with Gasteiger partial charge in [-0.25, -0.2) is 9.37 Å². The van der Waals surface area contributed by atoms with Gasteiger partial charge in [0.05, 0.1) is 34.8 Å². The summed E-state index contributed by atoms with van der Waals surface area (Å²) in [7, 11) is 0. The summed E-state index contributed by atoms with van der Waals surface area (Å²) in [5, 5.41) is 22.4. The topological polar surface area (TPSA) is 151 Å². The van der Waals surface area contributed by atoms with Crippen LogP contribution in [-0.2, 0) is 15.3 Å². The maximum Gasteiger partial charge on any atom is 0.304 e. The van der Waals surface area contributed by atoms with E-state index in [1.807, 2.05) is 18.7 Å². The van der Waals surface area contributed by atoms with Crippen molar-refractivity contribution in [2.75, 3.05) is 50.9 Å². The number of likely N-dealkylation sites (tertiary alicyclic amines) is 1. The van der Waals surface area contributed by atoms with Crippen LogP contribution in [0, 0.1) is 27.7 Å². The lowest BCUT2D eigenvalue weighted by molar-refractivity contribution is -0.387. The Kier molecular flexibility index (Phi) is 12.7. The number of carbonyl (C=O) groups excluding carboxylic acids is 1. The number of hydrogen-bond donors (Lipinski definition) is 2. The summed E-state index contributed by atoms with van der Waals surface area (Å²) < 4.78 is 40.4. The molecule has 15 heteroatoms. The van der Waals surface area contributed by atoms with Gasteiger partial charge in [-0.2, -0.15) is 16.2 Å². The first-order valence-corrected chi connectivity index (χ1v) is 18.4. The van der Waals surface area contributed by atoms with Crippen LogP contribution in [0.2, 0.25) is 0 Å². The minimum Gasteiger partial charge on any atom is -0.493 e. The molecule has 0 spiro atoms. The zero-order valence-corrected chi connectivity index (χ0v) is 29.3. The number of aromatic nitrogens is 2. The Hall–Kier alpha value is -3.82. The fourth-order valence-electron chi connectivity index (χ4n) is 6.59. The second-order valence-electron chi connectivity index (χ2n) is 12.9. The third-order valence-electron chi connectivity index (χ3n) is 9.53. The number of aliphatic hydroxyl groups is 1. The van der Waals surface area contributed by atoms with Crippen LogP contribution in [0.5, 0.6) is 5.75 Å². The van der Waals surface area contributed by atoms with Crippen LogP contribution >= 0.6 is 11.8 Å². The van der Waals surface area contributed by atoms with E-state index in [1.54, 1.807) is 22.7 Å². The molecule has 0 bridgehead atoms. The van der Waals surface area contributed by atoms with Gasteiger partial charge in [0.1, 0.15) is 22.8 Å². The van der Waals surface area contributed by atoms with Gasteiger partial charge in [0, 0.05) is 74.6 Å². The molecule has 6 rings (SSSR count). The summed E-state index contributed by atoms with van der Waals surface area (Å²) in [5.74, 6) is -0.296. The molecule has 0 unspecified atom stereocenters. The van der Waals surface area contributed by atoms with Crippen molar-refractivity contribution in [1.29, 1.82) is 0 Å². The van der Waals surface area contributed by atoms with Gasteiger partial charge in [0.15, 0.2) is 0 Å². The Morgan fingerprint density at radius 1 is 1.10 bits per heavy atom. The number of H-pyrrole nitrogens is 1. The molecule has 3 aromatic rings. The van der Waals surface area contributed by atoms with Gasteiger partial charge >= 0.3 is 5.69 Å². The third kappa shape index (κ3) is 9.29. The number of hydrogen-bond acceptors (Lipinski definition) is 10. The van der Waals surface area contributed by atoms with Gasteiger partial charge < -0.3 is 29.4 Å². The summed E-state index contributed by atoms with van der Waals surface area (Å²) in [5.41, 5.74) is -1.54. The maximum absolute atomic E-state index is 14.9. The smallest absolute Gasteiger partial charge is 0.304 e. The number of carbonyl (C=O) groups is 1. The van der Waals surface area contributed by atoms with Crippen molar-refractivity contribution in [1.82, 2.24) is 14.9 Å². The minimum atomic E-state index is -1.19. The van der Waals surface area contributed by atoms with Crippen molar-refractivity contribution < 1.29 is 33.1 Å². The van der Waals surface area contributed by atoms with Crippen molar-refractivity contribution in [2.45, 2.75) is 75.4 Å². The van der Waals surface area contributed by atoms with Crippen LogP contribution in [0.4, 0.5) is 20.2 Å². The number of ether oxygens (including phenoxy) is 2. The predicted octanol–water partition coefficient (Wildman–Crippen LogP) is 5.59. The molecule has 50 heavy (non-hydrogen) atoms.